The molecule has 0 saturated carbocycles. The molecule has 0 saturated heterocycles. The van der Waals surface area contributed by atoms with E-state index in [-0.39, 0.29) is 25.3 Å². The number of hydrogen-bond donors (Lipinski definition) is 0. The van der Waals surface area contributed by atoms with Crippen molar-refractivity contribution in [2.24, 2.45) is 10.2 Å². The van der Waals surface area contributed by atoms with E-state index in [0.717, 1.165) is 14.3 Å². The second-order valence-electron chi connectivity index (χ2n) is 6.04. The second kappa shape index (κ2) is 10.8. The smallest absolute Gasteiger partial charge is 0.400 e. The van der Waals surface area contributed by atoms with Gasteiger partial charge in [0.25, 0.3) is 0 Å². The molecular formula is C20H14Br2N4O5. The van der Waals surface area contributed by atoms with Gasteiger partial charge in [-0.2, -0.15) is 0 Å². The molecule has 0 aliphatic carbocycles. The molecule has 0 aliphatic rings. The van der Waals surface area contributed by atoms with Crippen molar-refractivity contribution in [1.29, 1.82) is 0 Å². The fourth-order valence-electron chi connectivity index (χ4n) is 2.29. The van der Waals surface area contributed by atoms with Gasteiger partial charge in [-0.3, -0.25) is 4.79 Å². The molecule has 11 heteroatoms. The first kappa shape index (κ1) is 22.6. The summed E-state index contributed by atoms with van der Waals surface area (Å²) in [5.41, 5.74) is 1.13. The minimum absolute atomic E-state index is 0.0289. The van der Waals surface area contributed by atoms with Crippen molar-refractivity contribution in [2.45, 2.75) is 6.42 Å². The number of ether oxygens (including phenoxy) is 2. The number of rotatable bonds is 6. The van der Waals surface area contributed by atoms with E-state index in [4.69, 9.17) is 9.47 Å². The van der Waals surface area contributed by atoms with Crippen molar-refractivity contribution < 1.29 is 23.9 Å². The van der Waals surface area contributed by atoms with Crippen LogP contribution < -0.4 is 0 Å². The summed E-state index contributed by atoms with van der Waals surface area (Å²) in [7, 11) is 0. The van der Waals surface area contributed by atoms with Gasteiger partial charge in [0.15, 0.2) is 5.69 Å². The van der Waals surface area contributed by atoms with Crippen molar-refractivity contribution >= 4 is 66.3 Å². The van der Waals surface area contributed by atoms with E-state index < -0.39 is 17.8 Å². The third-order valence-electron chi connectivity index (χ3n) is 3.77. The summed E-state index contributed by atoms with van der Waals surface area (Å²) < 4.78 is 11.6. The van der Waals surface area contributed by atoms with E-state index in [9.17, 15) is 14.4 Å². The van der Waals surface area contributed by atoms with E-state index >= 15 is 0 Å². The predicted octanol–water partition coefficient (Wildman–Crippen LogP) is 4.56. The van der Waals surface area contributed by atoms with Gasteiger partial charge >= 0.3 is 17.8 Å². The molecule has 1 aromatic heterocycles. The molecule has 1 heterocycles. The van der Waals surface area contributed by atoms with Crippen LogP contribution >= 0.6 is 31.9 Å². The van der Waals surface area contributed by atoms with Crippen LogP contribution in [0.1, 0.15) is 16.9 Å². The lowest BCUT2D eigenvalue weighted by Crippen LogP contribution is -2.17. The van der Waals surface area contributed by atoms with Crippen molar-refractivity contribution in [3.05, 3.63) is 63.2 Å². The Bertz CT molecular complexity index is 1150. The van der Waals surface area contributed by atoms with E-state index in [1.807, 2.05) is 12.1 Å². The Morgan fingerprint density at radius 3 is 2.35 bits per heavy atom. The van der Waals surface area contributed by atoms with Gasteiger partial charge in [-0.15, -0.1) is 15.3 Å². The number of azo groups is 1. The molecule has 1 amide bonds. The Hall–Kier alpha value is -3.05. The normalized spacial score (nSPS) is 10.9. The molecule has 0 atom stereocenters. The van der Waals surface area contributed by atoms with Gasteiger partial charge in [-0.1, -0.05) is 37.0 Å². The molecule has 0 N–H and O–H groups in total. The Morgan fingerprint density at radius 2 is 1.58 bits per heavy atom. The van der Waals surface area contributed by atoms with Gasteiger partial charge in [-0.25, -0.2) is 9.59 Å². The maximum atomic E-state index is 12.1. The molecule has 3 rings (SSSR count). The molecule has 31 heavy (non-hydrogen) atoms. The molecular weight excluding hydrogens is 536 g/mol. The summed E-state index contributed by atoms with van der Waals surface area (Å²) in [6.07, 6.45) is 0.196. The lowest BCUT2D eigenvalue weighted by atomic mass is 10.2. The zero-order valence-corrected chi connectivity index (χ0v) is 19.0. The van der Waals surface area contributed by atoms with Gasteiger partial charge < -0.3 is 9.47 Å². The second-order valence-corrected chi connectivity index (χ2v) is 7.87. The highest BCUT2D eigenvalue weighted by atomic mass is 79.9. The van der Waals surface area contributed by atoms with E-state index in [2.05, 4.69) is 52.3 Å². The van der Waals surface area contributed by atoms with Crippen LogP contribution in [0.3, 0.4) is 0 Å². The van der Waals surface area contributed by atoms with Crippen LogP contribution in [-0.4, -0.2) is 41.3 Å². The number of aromatic nitrogens is 2. The quantitative estimate of drug-likeness (QED) is 0.191. The first-order chi connectivity index (χ1) is 14.9. The third-order valence-corrected chi connectivity index (χ3v) is 4.79. The highest BCUT2D eigenvalue weighted by Crippen LogP contribution is 2.19. The summed E-state index contributed by atoms with van der Waals surface area (Å²) in [5.74, 6) is -2.92. The number of esters is 2. The maximum Gasteiger partial charge on any atom is 0.400 e. The molecule has 0 radical (unpaired) electrons. The highest BCUT2D eigenvalue weighted by Gasteiger charge is 2.15. The highest BCUT2D eigenvalue weighted by molar-refractivity contribution is 9.10. The molecule has 2 aromatic carbocycles. The van der Waals surface area contributed by atoms with Crippen LogP contribution in [0.5, 0.6) is 0 Å². The van der Waals surface area contributed by atoms with Crippen LogP contribution in [0.25, 0.3) is 10.9 Å². The topological polar surface area (TPSA) is 120 Å². The van der Waals surface area contributed by atoms with Crippen molar-refractivity contribution in [1.82, 2.24) is 10.2 Å². The summed E-state index contributed by atoms with van der Waals surface area (Å²) in [4.78, 5) is 35.3. The SMILES string of the molecule is O=C(N=Nc1ccc(Br)cc1)C(=O)OCCCOC(=O)c1cc2cc(Br)ccc2nn1. The fourth-order valence-corrected chi connectivity index (χ4v) is 2.93. The van der Waals surface area contributed by atoms with Crippen molar-refractivity contribution in [3.63, 3.8) is 0 Å². The summed E-state index contributed by atoms with van der Waals surface area (Å²) in [6, 6.07) is 13.7. The fraction of sp³-hybridized carbons (Fsp3) is 0.150. The van der Waals surface area contributed by atoms with Gasteiger partial charge in [0.05, 0.1) is 24.4 Å². The van der Waals surface area contributed by atoms with E-state index in [1.165, 1.54) is 0 Å². The first-order valence-corrected chi connectivity index (χ1v) is 10.5. The number of amides is 1. The molecule has 158 valence electrons. The van der Waals surface area contributed by atoms with Crippen LogP contribution in [0.2, 0.25) is 0 Å². The Labute approximate surface area is 193 Å². The molecule has 0 aliphatic heterocycles. The lowest BCUT2D eigenvalue weighted by molar-refractivity contribution is -0.153. The zero-order chi connectivity index (χ0) is 22.2. The number of carbonyl (C=O) groups excluding carboxylic acids is 3. The number of halogens is 2. The number of fused-ring (bicyclic) bond motifs is 1. The standard InChI is InChI=1S/C20H14Br2N4O5/c21-13-2-5-15(6-3-13)23-26-18(27)20(29)31-9-1-8-30-19(28)17-11-12-10-14(22)4-7-16(12)24-25-17/h2-7,10-11H,1,8-9H2. The first-order valence-electron chi connectivity index (χ1n) is 8.91. The van der Waals surface area contributed by atoms with E-state index in [0.29, 0.717) is 11.2 Å². The minimum Gasteiger partial charge on any atom is -0.461 e. The number of benzene rings is 2. The average Bonchev–Trinajstić information content (AvgIpc) is 2.77. The van der Waals surface area contributed by atoms with Gasteiger partial charge in [-0.05, 0) is 48.5 Å². The molecule has 0 spiro atoms. The van der Waals surface area contributed by atoms with Gasteiger partial charge in [0, 0.05) is 20.8 Å². The molecule has 0 bridgehead atoms. The monoisotopic (exact) mass is 548 g/mol. The molecule has 9 nitrogen and oxygen atoms in total. The summed E-state index contributed by atoms with van der Waals surface area (Å²) in [6.45, 7) is -0.152. The van der Waals surface area contributed by atoms with Crippen molar-refractivity contribution in [3.8, 4) is 0 Å². The average molecular weight is 550 g/mol. The Balaban J connectivity index is 1.40. The van der Waals surface area contributed by atoms with Crippen LogP contribution in [-0.2, 0) is 19.1 Å². The third kappa shape index (κ3) is 6.72. The number of carbonyl (C=O) groups is 3. The maximum absolute atomic E-state index is 12.1. The Kier molecular flexibility index (Phi) is 7.90. The molecule has 3 aromatic rings. The largest absolute Gasteiger partial charge is 0.461 e. The minimum atomic E-state index is -1.14. The summed E-state index contributed by atoms with van der Waals surface area (Å²) >= 11 is 6.63. The molecule has 0 fully saturated rings. The number of nitrogens with zero attached hydrogens (tertiary/aromatic N) is 4. The van der Waals surface area contributed by atoms with Gasteiger partial charge in [0.2, 0.25) is 0 Å². The van der Waals surface area contributed by atoms with Crippen LogP contribution in [0, 0.1) is 0 Å². The summed E-state index contributed by atoms with van der Waals surface area (Å²) in [5, 5.41) is 15.5. The van der Waals surface area contributed by atoms with Gasteiger partial charge in [0.1, 0.15) is 0 Å². The van der Waals surface area contributed by atoms with E-state index in [1.54, 1.807) is 36.4 Å². The number of hydrogen-bond acceptors (Lipinski definition) is 8. The van der Waals surface area contributed by atoms with Crippen LogP contribution in [0.15, 0.2) is 67.7 Å². The Morgan fingerprint density at radius 1 is 0.871 bits per heavy atom. The van der Waals surface area contributed by atoms with Crippen LogP contribution in [0.4, 0.5) is 5.69 Å². The van der Waals surface area contributed by atoms with Crippen molar-refractivity contribution in [2.75, 3.05) is 13.2 Å². The zero-order valence-electron chi connectivity index (χ0n) is 15.8. The lowest BCUT2D eigenvalue weighted by Gasteiger charge is -2.05. The predicted molar refractivity (Wildman–Crippen MR) is 117 cm³/mol. The molecule has 0 unspecified atom stereocenters.